The van der Waals surface area contributed by atoms with Crippen molar-refractivity contribution in [2.24, 2.45) is 0 Å². The molecular formula is C15H17N3O2. The third-order valence-corrected chi connectivity index (χ3v) is 3.81. The first-order chi connectivity index (χ1) is 9.56. The van der Waals surface area contributed by atoms with Gasteiger partial charge in [-0.05, 0) is 38.2 Å². The summed E-state index contributed by atoms with van der Waals surface area (Å²) in [4.78, 5) is 13.2. The second-order valence-electron chi connectivity index (χ2n) is 5.26. The number of likely N-dealkylation sites (N-methyl/N-ethyl adjacent to an activating group) is 1. The quantitative estimate of drug-likeness (QED) is 0.906. The number of hydrogen-bond donors (Lipinski definition) is 1. The zero-order valence-electron chi connectivity index (χ0n) is 11.6. The number of fused-ring (bicyclic) bond motifs is 1. The van der Waals surface area contributed by atoms with Gasteiger partial charge >= 0.3 is 5.97 Å². The first-order valence-electron chi connectivity index (χ1n) is 6.66. The Kier molecular flexibility index (Phi) is 3.06. The van der Waals surface area contributed by atoms with E-state index < -0.39 is 5.97 Å². The summed E-state index contributed by atoms with van der Waals surface area (Å²) in [5.74, 6) is -0.906. The number of rotatable bonds is 2. The number of benzene rings is 1. The molecule has 1 aliphatic rings. The monoisotopic (exact) mass is 271 g/mol. The molecule has 5 nitrogen and oxygen atoms in total. The Labute approximate surface area is 117 Å². The largest absolute Gasteiger partial charge is 0.478 e. The van der Waals surface area contributed by atoms with Crippen LogP contribution in [0.15, 0.2) is 24.3 Å². The van der Waals surface area contributed by atoms with Gasteiger partial charge in [0.25, 0.3) is 0 Å². The molecule has 0 radical (unpaired) electrons. The van der Waals surface area contributed by atoms with Crippen molar-refractivity contribution in [1.29, 1.82) is 0 Å². The SMILES string of the molecule is Cc1nn(-c2ccc(C(=O)O)cc2)c2c1CN(C)CC2. The van der Waals surface area contributed by atoms with Gasteiger partial charge in [-0.25, -0.2) is 9.48 Å². The first kappa shape index (κ1) is 12.9. The van der Waals surface area contributed by atoms with Gasteiger partial charge in [-0.15, -0.1) is 0 Å². The van der Waals surface area contributed by atoms with Gasteiger partial charge in [0.1, 0.15) is 0 Å². The van der Waals surface area contributed by atoms with Crippen molar-refractivity contribution in [3.05, 3.63) is 46.8 Å². The van der Waals surface area contributed by atoms with Crippen molar-refractivity contribution in [2.45, 2.75) is 19.9 Å². The van der Waals surface area contributed by atoms with Gasteiger partial charge in [0.15, 0.2) is 0 Å². The fourth-order valence-corrected chi connectivity index (χ4v) is 2.67. The average Bonchev–Trinajstić information content (AvgIpc) is 2.76. The minimum atomic E-state index is -0.906. The van der Waals surface area contributed by atoms with Crippen LogP contribution in [0.4, 0.5) is 0 Å². The lowest BCUT2D eigenvalue weighted by molar-refractivity contribution is 0.0697. The predicted octanol–water partition coefficient (Wildman–Crippen LogP) is 1.87. The lowest BCUT2D eigenvalue weighted by Crippen LogP contribution is -2.27. The van der Waals surface area contributed by atoms with Gasteiger partial charge in [-0.3, -0.25) is 0 Å². The van der Waals surface area contributed by atoms with E-state index in [1.165, 1.54) is 11.3 Å². The lowest BCUT2D eigenvalue weighted by atomic mass is 10.1. The highest BCUT2D eigenvalue weighted by Crippen LogP contribution is 2.24. The Balaban J connectivity index is 2.02. The molecule has 3 rings (SSSR count). The van der Waals surface area contributed by atoms with Crippen molar-refractivity contribution in [1.82, 2.24) is 14.7 Å². The summed E-state index contributed by atoms with van der Waals surface area (Å²) in [5, 5.41) is 13.6. The van der Waals surface area contributed by atoms with E-state index in [1.54, 1.807) is 12.1 Å². The minimum Gasteiger partial charge on any atom is -0.478 e. The van der Waals surface area contributed by atoms with Crippen LogP contribution in [0.5, 0.6) is 0 Å². The zero-order chi connectivity index (χ0) is 14.3. The van der Waals surface area contributed by atoms with Crippen LogP contribution in [0.3, 0.4) is 0 Å². The molecule has 0 unspecified atom stereocenters. The molecule has 0 atom stereocenters. The number of hydrogen-bond acceptors (Lipinski definition) is 3. The first-order valence-corrected chi connectivity index (χ1v) is 6.66. The summed E-state index contributed by atoms with van der Waals surface area (Å²) in [6.45, 7) is 3.97. The number of aromatic nitrogens is 2. The van der Waals surface area contributed by atoms with E-state index in [1.807, 2.05) is 23.7 Å². The molecule has 1 aliphatic heterocycles. The number of aryl methyl sites for hydroxylation is 1. The average molecular weight is 271 g/mol. The topological polar surface area (TPSA) is 58.4 Å². The highest BCUT2D eigenvalue weighted by molar-refractivity contribution is 5.87. The molecular weight excluding hydrogens is 254 g/mol. The predicted molar refractivity (Wildman–Crippen MR) is 75.3 cm³/mol. The van der Waals surface area contributed by atoms with E-state index in [0.717, 1.165) is 30.9 Å². The Bertz CT molecular complexity index is 659. The second-order valence-corrected chi connectivity index (χ2v) is 5.26. The summed E-state index contributed by atoms with van der Waals surface area (Å²) in [6.07, 6.45) is 0.966. The molecule has 0 fully saturated rings. The Hall–Kier alpha value is -2.14. The van der Waals surface area contributed by atoms with Crippen LogP contribution in [-0.2, 0) is 13.0 Å². The maximum atomic E-state index is 10.9. The molecule has 0 saturated carbocycles. The highest BCUT2D eigenvalue weighted by atomic mass is 16.4. The maximum absolute atomic E-state index is 10.9. The maximum Gasteiger partial charge on any atom is 0.335 e. The van der Waals surface area contributed by atoms with Crippen LogP contribution < -0.4 is 0 Å². The molecule has 2 heterocycles. The van der Waals surface area contributed by atoms with Crippen LogP contribution in [0, 0.1) is 6.92 Å². The van der Waals surface area contributed by atoms with E-state index in [9.17, 15) is 4.79 Å². The van der Waals surface area contributed by atoms with Gasteiger partial charge in [0.2, 0.25) is 0 Å². The van der Waals surface area contributed by atoms with Gasteiger partial charge in [-0.2, -0.15) is 5.10 Å². The van der Waals surface area contributed by atoms with Crippen LogP contribution in [0.1, 0.15) is 27.3 Å². The molecule has 1 aromatic carbocycles. The summed E-state index contributed by atoms with van der Waals surface area (Å²) < 4.78 is 1.95. The molecule has 1 aromatic heterocycles. The van der Waals surface area contributed by atoms with E-state index >= 15 is 0 Å². The smallest absolute Gasteiger partial charge is 0.335 e. The van der Waals surface area contributed by atoms with Crippen LogP contribution in [0.2, 0.25) is 0 Å². The van der Waals surface area contributed by atoms with E-state index in [2.05, 4.69) is 17.0 Å². The molecule has 1 N–H and O–H groups in total. The van der Waals surface area contributed by atoms with Gasteiger partial charge in [0, 0.05) is 25.1 Å². The van der Waals surface area contributed by atoms with Crippen molar-refractivity contribution < 1.29 is 9.90 Å². The standard InChI is InChI=1S/C15H17N3O2/c1-10-13-9-17(2)8-7-14(13)18(16-10)12-5-3-11(4-6-12)15(19)20/h3-6H,7-9H2,1-2H3,(H,19,20). The number of carboxylic acid groups (broad SMARTS) is 1. The number of aromatic carboxylic acids is 1. The molecule has 0 aliphatic carbocycles. The minimum absolute atomic E-state index is 0.297. The Morgan fingerprint density at radius 2 is 2.00 bits per heavy atom. The van der Waals surface area contributed by atoms with Crippen molar-refractivity contribution in [2.75, 3.05) is 13.6 Å². The highest BCUT2D eigenvalue weighted by Gasteiger charge is 2.21. The summed E-state index contributed by atoms with van der Waals surface area (Å²) in [5.41, 5.74) is 4.80. The van der Waals surface area contributed by atoms with Crippen LogP contribution in [-0.4, -0.2) is 39.3 Å². The molecule has 5 heteroatoms. The van der Waals surface area contributed by atoms with E-state index in [0.29, 0.717) is 5.56 Å². The molecule has 2 aromatic rings. The Morgan fingerprint density at radius 3 is 2.65 bits per heavy atom. The van der Waals surface area contributed by atoms with Crippen molar-refractivity contribution >= 4 is 5.97 Å². The molecule has 0 amide bonds. The molecule has 0 spiro atoms. The third kappa shape index (κ3) is 2.10. The fourth-order valence-electron chi connectivity index (χ4n) is 2.67. The van der Waals surface area contributed by atoms with Crippen molar-refractivity contribution in [3.63, 3.8) is 0 Å². The zero-order valence-corrected chi connectivity index (χ0v) is 11.6. The summed E-state index contributed by atoms with van der Waals surface area (Å²) in [7, 11) is 2.11. The lowest BCUT2D eigenvalue weighted by Gasteiger charge is -2.23. The van der Waals surface area contributed by atoms with Gasteiger partial charge in [-0.1, -0.05) is 0 Å². The molecule has 0 saturated heterocycles. The summed E-state index contributed by atoms with van der Waals surface area (Å²) >= 11 is 0. The van der Waals surface area contributed by atoms with Crippen LogP contribution >= 0.6 is 0 Å². The van der Waals surface area contributed by atoms with Crippen LogP contribution in [0.25, 0.3) is 5.69 Å². The fraction of sp³-hybridized carbons (Fsp3) is 0.333. The third-order valence-electron chi connectivity index (χ3n) is 3.81. The van der Waals surface area contributed by atoms with E-state index in [4.69, 9.17) is 5.11 Å². The normalized spacial score (nSPS) is 15.1. The summed E-state index contributed by atoms with van der Waals surface area (Å²) in [6, 6.07) is 6.87. The molecule has 0 bridgehead atoms. The van der Waals surface area contributed by atoms with E-state index in [-0.39, 0.29) is 0 Å². The van der Waals surface area contributed by atoms with Gasteiger partial charge in [0.05, 0.1) is 22.6 Å². The Morgan fingerprint density at radius 1 is 1.30 bits per heavy atom. The number of nitrogens with zero attached hydrogens (tertiary/aromatic N) is 3. The number of carbonyl (C=O) groups is 1. The molecule has 104 valence electrons. The van der Waals surface area contributed by atoms with Crippen molar-refractivity contribution in [3.8, 4) is 5.69 Å². The molecule has 20 heavy (non-hydrogen) atoms. The second kappa shape index (κ2) is 4.76. The number of carboxylic acids is 1. The van der Waals surface area contributed by atoms with Gasteiger partial charge < -0.3 is 10.0 Å².